The molecule has 1 aliphatic heterocycles. The van der Waals surface area contributed by atoms with Gasteiger partial charge in [0.15, 0.2) is 0 Å². The molecule has 5 heteroatoms. The molecule has 98 valence electrons. The lowest BCUT2D eigenvalue weighted by molar-refractivity contribution is 0.647. The third kappa shape index (κ3) is 2.79. The second-order valence-corrected chi connectivity index (χ2v) is 4.89. The molecule has 1 fully saturated rings. The molecule has 0 saturated carbocycles. The summed E-state index contributed by atoms with van der Waals surface area (Å²) in [5.74, 6) is 1.05. The van der Waals surface area contributed by atoms with Crippen molar-refractivity contribution in [2.45, 2.75) is 0 Å². The Morgan fingerprint density at radius 3 is 2.37 bits per heavy atom. The molecule has 0 N–H and O–H groups in total. The smallest absolute Gasteiger partial charge is 0.131 e. The highest BCUT2D eigenvalue weighted by Gasteiger charge is 2.18. The van der Waals surface area contributed by atoms with Crippen LogP contribution in [0.2, 0.25) is 5.15 Å². The van der Waals surface area contributed by atoms with E-state index in [4.69, 9.17) is 11.6 Å². The Morgan fingerprint density at radius 1 is 0.895 bits per heavy atom. The molecule has 0 aromatic carbocycles. The van der Waals surface area contributed by atoms with Crippen molar-refractivity contribution in [3.8, 4) is 0 Å². The Hall–Kier alpha value is -1.81. The predicted octanol–water partition coefficient (Wildman–Crippen LogP) is 2.46. The normalized spacial score (nSPS) is 15.6. The summed E-state index contributed by atoms with van der Waals surface area (Å²) in [6.45, 7) is 3.88. The van der Waals surface area contributed by atoms with Gasteiger partial charge in [0.2, 0.25) is 0 Å². The van der Waals surface area contributed by atoms with Crippen molar-refractivity contribution < 1.29 is 0 Å². The molecular weight excluding hydrogens is 260 g/mol. The zero-order valence-electron chi connectivity index (χ0n) is 10.5. The van der Waals surface area contributed by atoms with E-state index in [1.807, 2.05) is 30.5 Å². The fourth-order valence-electron chi connectivity index (χ4n) is 2.32. The molecule has 0 unspecified atom stereocenters. The van der Waals surface area contributed by atoms with Gasteiger partial charge in [0, 0.05) is 44.3 Å². The third-order valence-electron chi connectivity index (χ3n) is 3.33. The highest BCUT2D eigenvalue weighted by molar-refractivity contribution is 6.29. The van der Waals surface area contributed by atoms with Crippen LogP contribution < -0.4 is 9.80 Å². The quantitative estimate of drug-likeness (QED) is 0.788. The van der Waals surface area contributed by atoms with E-state index < -0.39 is 0 Å². The molecule has 1 saturated heterocycles. The van der Waals surface area contributed by atoms with Gasteiger partial charge in [-0.25, -0.2) is 9.97 Å². The first kappa shape index (κ1) is 12.2. The van der Waals surface area contributed by atoms with Crippen molar-refractivity contribution >= 4 is 23.1 Å². The number of hydrogen-bond acceptors (Lipinski definition) is 4. The molecular formula is C14H15ClN4. The van der Waals surface area contributed by atoms with Crippen LogP contribution in [-0.4, -0.2) is 36.1 Å². The molecule has 1 aliphatic rings. The highest BCUT2D eigenvalue weighted by atomic mass is 35.5. The number of rotatable bonds is 2. The van der Waals surface area contributed by atoms with Gasteiger partial charge in [0.05, 0.1) is 0 Å². The van der Waals surface area contributed by atoms with Crippen LogP contribution in [0, 0.1) is 0 Å². The Bertz CT molecular complexity index is 538. The van der Waals surface area contributed by atoms with Crippen molar-refractivity contribution in [1.29, 1.82) is 0 Å². The van der Waals surface area contributed by atoms with Crippen LogP contribution in [0.5, 0.6) is 0 Å². The zero-order valence-corrected chi connectivity index (χ0v) is 11.3. The van der Waals surface area contributed by atoms with Crippen LogP contribution in [0.15, 0.2) is 42.7 Å². The van der Waals surface area contributed by atoms with Gasteiger partial charge in [-0.1, -0.05) is 17.7 Å². The first-order valence-corrected chi connectivity index (χ1v) is 6.73. The molecule has 2 aromatic rings. The van der Waals surface area contributed by atoms with Gasteiger partial charge in [0.1, 0.15) is 11.0 Å². The lowest BCUT2D eigenvalue weighted by Crippen LogP contribution is -2.46. The van der Waals surface area contributed by atoms with E-state index >= 15 is 0 Å². The number of aromatic nitrogens is 2. The Labute approximate surface area is 117 Å². The topological polar surface area (TPSA) is 32.3 Å². The van der Waals surface area contributed by atoms with Crippen molar-refractivity contribution in [2.24, 2.45) is 0 Å². The van der Waals surface area contributed by atoms with E-state index in [0.29, 0.717) is 5.15 Å². The minimum absolute atomic E-state index is 0.546. The summed E-state index contributed by atoms with van der Waals surface area (Å²) in [5.41, 5.74) is 1.14. The van der Waals surface area contributed by atoms with Gasteiger partial charge < -0.3 is 9.80 Å². The van der Waals surface area contributed by atoms with Gasteiger partial charge in [0.25, 0.3) is 0 Å². The van der Waals surface area contributed by atoms with E-state index in [1.165, 1.54) is 0 Å². The summed E-state index contributed by atoms with van der Waals surface area (Å²) >= 11 is 5.93. The van der Waals surface area contributed by atoms with Gasteiger partial charge in [-0.15, -0.1) is 0 Å². The number of halogens is 1. The Balaban J connectivity index is 1.67. The zero-order chi connectivity index (χ0) is 13.1. The Morgan fingerprint density at radius 2 is 1.68 bits per heavy atom. The van der Waals surface area contributed by atoms with Gasteiger partial charge in [-0.05, 0) is 24.3 Å². The minimum Gasteiger partial charge on any atom is -0.368 e. The van der Waals surface area contributed by atoms with Crippen molar-refractivity contribution in [3.05, 3.63) is 47.9 Å². The summed E-state index contributed by atoms with van der Waals surface area (Å²) in [5, 5.41) is 0.546. The first-order chi connectivity index (χ1) is 9.33. The van der Waals surface area contributed by atoms with Crippen LogP contribution >= 0.6 is 11.6 Å². The number of piperazine rings is 1. The lowest BCUT2D eigenvalue weighted by atomic mass is 10.2. The van der Waals surface area contributed by atoms with Gasteiger partial charge in [-0.3, -0.25) is 0 Å². The van der Waals surface area contributed by atoms with Crippen molar-refractivity contribution in [3.63, 3.8) is 0 Å². The van der Waals surface area contributed by atoms with Gasteiger partial charge in [-0.2, -0.15) is 0 Å². The standard InChI is InChI=1S/C14H15ClN4/c15-13-11-12(4-6-16-13)18-7-9-19(10-8-18)14-3-1-2-5-17-14/h1-6,11H,7-10H2. The second-order valence-electron chi connectivity index (χ2n) is 4.50. The predicted molar refractivity (Wildman–Crippen MR) is 77.9 cm³/mol. The second kappa shape index (κ2) is 5.45. The molecule has 2 aromatic heterocycles. The summed E-state index contributed by atoms with van der Waals surface area (Å²) in [4.78, 5) is 13.0. The number of nitrogens with zero attached hydrogens (tertiary/aromatic N) is 4. The molecule has 0 aliphatic carbocycles. The van der Waals surface area contributed by atoms with E-state index in [9.17, 15) is 0 Å². The molecule has 4 nitrogen and oxygen atoms in total. The molecule has 3 rings (SSSR count). The van der Waals surface area contributed by atoms with Crippen LogP contribution in [0.25, 0.3) is 0 Å². The van der Waals surface area contributed by atoms with E-state index in [1.54, 1.807) is 6.20 Å². The molecule has 3 heterocycles. The minimum atomic E-state index is 0.546. The maximum absolute atomic E-state index is 5.93. The van der Waals surface area contributed by atoms with Crippen molar-refractivity contribution in [1.82, 2.24) is 9.97 Å². The molecule has 19 heavy (non-hydrogen) atoms. The monoisotopic (exact) mass is 274 g/mol. The van der Waals surface area contributed by atoms with Crippen LogP contribution in [-0.2, 0) is 0 Å². The first-order valence-electron chi connectivity index (χ1n) is 6.35. The summed E-state index contributed by atoms with van der Waals surface area (Å²) < 4.78 is 0. The molecule has 0 atom stereocenters. The average molecular weight is 275 g/mol. The maximum Gasteiger partial charge on any atom is 0.131 e. The largest absolute Gasteiger partial charge is 0.368 e. The summed E-state index contributed by atoms with van der Waals surface area (Å²) in [7, 11) is 0. The maximum atomic E-state index is 5.93. The fourth-order valence-corrected chi connectivity index (χ4v) is 2.49. The fraction of sp³-hybridized carbons (Fsp3) is 0.286. The van der Waals surface area contributed by atoms with Crippen molar-refractivity contribution in [2.75, 3.05) is 36.0 Å². The lowest BCUT2D eigenvalue weighted by Gasteiger charge is -2.36. The molecule has 0 amide bonds. The number of anilines is 2. The third-order valence-corrected chi connectivity index (χ3v) is 3.53. The average Bonchev–Trinajstić information content (AvgIpc) is 2.48. The van der Waals surface area contributed by atoms with Crippen LogP contribution in [0.3, 0.4) is 0 Å². The highest BCUT2D eigenvalue weighted by Crippen LogP contribution is 2.20. The molecule has 0 radical (unpaired) electrons. The summed E-state index contributed by atoms with van der Waals surface area (Å²) in [6.07, 6.45) is 3.59. The molecule has 0 spiro atoms. The summed E-state index contributed by atoms with van der Waals surface area (Å²) in [6, 6.07) is 9.94. The Kier molecular flexibility index (Phi) is 3.51. The van der Waals surface area contributed by atoms with E-state index in [2.05, 4.69) is 25.8 Å². The number of hydrogen-bond donors (Lipinski definition) is 0. The van der Waals surface area contributed by atoms with E-state index in [-0.39, 0.29) is 0 Å². The number of pyridine rings is 2. The SMILES string of the molecule is Clc1cc(N2CCN(c3ccccn3)CC2)ccn1. The molecule has 0 bridgehead atoms. The van der Waals surface area contributed by atoms with Gasteiger partial charge >= 0.3 is 0 Å². The van der Waals surface area contributed by atoms with Crippen LogP contribution in [0.4, 0.5) is 11.5 Å². The van der Waals surface area contributed by atoms with E-state index in [0.717, 1.165) is 37.7 Å². The van der Waals surface area contributed by atoms with Crippen LogP contribution in [0.1, 0.15) is 0 Å².